The molecule has 0 radical (unpaired) electrons. The maximum absolute atomic E-state index is 12.9. The summed E-state index contributed by atoms with van der Waals surface area (Å²) < 4.78 is 6.91. The molecule has 0 aliphatic carbocycles. The number of hydrogen-bond acceptors (Lipinski definition) is 8. The number of carbonyl (C=O) groups is 2. The van der Waals surface area contributed by atoms with Crippen molar-refractivity contribution in [2.24, 2.45) is 7.05 Å². The van der Waals surface area contributed by atoms with Gasteiger partial charge in [-0.15, -0.1) is 5.10 Å². The van der Waals surface area contributed by atoms with Crippen molar-refractivity contribution >= 4 is 35.0 Å². The van der Waals surface area contributed by atoms with Crippen molar-refractivity contribution < 1.29 is 14.3 Å². The molecular formula is C23H27N7O3S. The van der Waals surface area contributed by atoms with Crippen LogP contribution >= 0.6 is 11.8 Å². The van der Waals surface area contributed by atoms with Gasteiger partial charge in [-0.3, -0.25) is 9.59 Å². The lowest BCUT2D eigenvalue weighted by atomic mass is 10.1. The minimum absolute atomic E-state index is 0.0829. The Balaban J connectivity index is 1.27. The van der Waals surface area contributed by atoms with E-state index in [1.165, 1.54) is 22.1 Å². The van der Waals surface area contributed by atoms with E-state index in [2.05, 4.69) is 50.0 Å². The summed E-state index contributed by atoms with van der Waals surface area (Å²) >= 11 is 1.25. The molecule has 10 nitrogen and oxygen atoms in total. The quantitative estimate of drug-likeness (QED) is 0.488. The maximum atomic E-state index is 12.9. The van der Waals surface area contributed by atoms with Gasteiger partial charge in [0.15, 0.2) is 0 Å². The van der Waals surface area contributed by atoms with E-state index in [4.69, 9.17) is 4.74 Å². The summed E-state index contributed by atoms with van der Waals surface area (Å²) in [5.41, 5.74) is 3.42. The van der Waals surface area contributed by atoms with Crippen LogP contribution in [0.4, 0.5) is 11.4 Å². The predicted octanol–water partition coefficient (Wildman–Crippen LogP) is 2.05. The normalized spacial score (nSPS) is 13.5. The summed E-state index contributed by atoms with van der Waals surface area (Å²) in [6.07, 6.45) is 0. The van der Waals surface area contributed by atoms with Gasteiger partial charge in [-0.1, -0.05) is 23.9 Å². The third-order valence-corrected chi connectivity index (χ3v) is 6.42. The second kappa shape index (κ2) is 11.1. The molecule has 0 saturated carbocycles. The first kappa shape index (κ1) is 23.7. The Morgan fingerprint density at radius 3 is 2.44 bits per heavy atom. The first-order valence-corrected chi connectivity index (χ1v) is 11.9. The number of benzene rings is 2. The Kier molecular flexibility index (Phi) is 7.76. The number of nitrogens with zero attached hydrogens (tertiary/aromatic N) is 6. The number of nitrogens with one attached hydrogen (secondary N) is 1. The van der Waals surface area contributed by atoms with Crippen molar-refractivity contribution in [3.05, 3.63) is 59.7 Å². The van der Waals surface area contributed by atoms with Crippen LogP contribution in [0.5, 0.6) is 0 Å². The van der Waals surface area contributed by atoms with Crippen molar-refractivity contribution in [3.8, 4) is 0 Å². The van der Waals surface area contributed by atoms with Crippen molar-refractivity contribution in [2.75, 3.05) is 49.3 Å². The summed E-state index contributed by atoms with van der Waals surface area (Å²) in [6, 6.07) is 15.2. The largest absolute Gasteiger partial charge is 0.378 e. The van der Waals surface area contributed by atoms with Gasteiger partial charge in [-0.2, -0.15) is 0 Å². The number of amides is 2. The monoisotopic (exact) mass is 481 g/mol. The molecule has 0 atom stereocenters. The lowest BCUT2D eigenvalue weighted by molar-refractivity contribution is -0.113. The van der Waals surface area contributed by atoms with Gasteiger partial charge in [0.1, 0.15) is 0 Å². The Morgan fingerprint density at radius 2 is 1.79 bits per heavy atom. The van der Waals surface area contributed by atoms with E-state index in [0.29, 0.717) is 23.0 Å². The molecule has 1 aliphatic rings. The molecule has 3 aromatic rings. The molecule has 1 fully saturated rings. The van der Waals surface area contributed by atoms with Gasteiger partial charge in [0.05, 0.1) is 19.0 Å². The van der Waals surface area contributed by atoms with Crippen LogP contribution in [0.2, 0.25) is 0 Å². The van der Waals surface area contributed by atoms with E-state index in [1.807, 2.05) is 0 Å². The summed E-state index contributed by atoms with van der Waals surface area (Å²) in [7, 11) is 3.50. The molecule has 0 bridgehead atoms. The fourth-order valence-electron chi connectivity index (χ4n) is 3.57. The van der Waals surface area contributed by atoms with Crippen LogP contribution in [0.25, 0.3) is 0 Å². The molecule has 1 aliphatic heterocycles. The second-order valence-electron chi connectivity index (χ2n) is 7.93. The Hall–Kier alpha value is -3.44. The number of rotatable bonds is 8. The van der Waals surface area contributed by atoms with Gasteiger partial charge in [-0.25, -0.2) is 4.68 Å². The number of morpholine rings is 1. The lowest BCUT2D eigenvalue weighted by Gasteiger charge is -2.29. The number of tetrazole rings is 1. The SMILES string of the molecule is CN(Cc1ccc(N2CCOCC2)cc1)C(=O)c1ccc(NC(=O)CSc2nnnn2C)cc1. The van der Waals surface area contributed by atoms with E-state index in [-0.39, 0.29) is 17.6 Å². The van der Waals surface area contributed by atoms with E-state index in [0.717, 1.165) is 31.9 Å². The molecule has 2 aromatic carbocycles. The number of ether oxygens (including phenoxy) is 1. The van der Waals surface area contributed by atoms with Crippen LogP contribution < -0.4 is 10.2 Å². The number of aromatic nitrogens is 4. The fourth-order valence-corrected chi connectivity index (χ4v) is 4.22. The summed E-state index contributed by atoms with van der Waals surface area (Å²) in [5, 5.41) is 14.5. The Morgan fingerprint density at radius 1 is 1.09 bits per heavy atom. The highest BCUT2D eigenvalue weighted by atomic mass is 32.2. The standard InChI is InChI=1S/C23H27N7O3S/c1-28(15-17-3-9-20(10-4-17)30-11-13-33-14-12-30)22(32)18-5-7-19(8-6-18)24-21(31)16-34-23-25-26-27-29(23)2/h3-10H,11-16H2,1-2H3,(H,24,31). The van der Waals surface area contributed by atoms with Crippen LogP contribution in [0.3, 0.4) is 0 Å². The summed E-state index contributed by atoms with van der Waals surface area (Å²) in [5.74, 6) is -0.0766. The van der Waals surface area contributed by atoms with Crippen LogP contribution in [-0.2, 0) is 23.1 Å². The molecule has 2 heterocycles. The average molecular weight is 482 g/mol. The van der Waals surface area contributed by atoms with Gasteiger partial charge in [-0.05, 0) is 52.4 Å². The Bertz CT molecular complexity index is 1110. The van der Waals surface area contributed by atoms with E-state index < -0.39 is 0 Å². The number of anilines is 2. The zero-order valence-corrected chi connectivity index (χ0v) is 20.0. The van der Waals surface area contributed by atoms with Crippen molar-refractivity contribution in [1.29, 1.82) is 0 Å². The zero-order chi connectivity index (χ0) is 23.9. The summed E-state index contributed by atoms with van der Waals surface area (Å²) in [4.78, 5) is 29.0. The molecule has 1 saturated heterocycles. The maximum Gasteiger partial charge on any atom is 0.253 e. The molecule has 2 amide bonds. The van der Waals surface area contributed by atoms with E-state index in [1.54, 1.807) is 43.3 Å². The molecule has 0 unspecified atom stereocenters. The van der Waals surface area contributed by atoms with E-state index >= 15 is 0 Å². The molecule has 34 heavy (non-hydrogen) atoms. The molecule has 4 rings (SSSR count). The highest BCUT2D eigenvalue weighted by Crippen LogP contribution is 2.19. The van der Waals surface area contributed by atoms with Gasteiger partial charge >= 0.3 is 0 Å². The van der Waals surface area contributed by atoms with Gasteiger partial charge < -0.3 is 19.9 Å². The van der Waals surface area contributed by atoms with Gasteiger partial charge in [0, 0.05) is 50.7 Å². The molecular weight excluding hydrogens is 454 g/mol. The molecule has 11 heteroatoms. The third-order valence-electron chi connectivity index (χ3n) is 5.41. The number of aryl methyl sites for hydroxylation is 1. The first-order chi connectivity index (χ1) is 16.5. The summed E-state index contributed by atoms with van der Waals surface area (Å²) in [6.45, 7) is 3.80. The number of thioether (sulfide) groups is 1. The minimum Gasteiger partial charge on any atom is -0.378 e. The van der Waals surface area contributed by atoms with E-state index in [9.17, 15) is 9.59 Å². The van der Waals surface area contributed by atoms with Crippen LogP contribution in [-0.4, -0.2) is 76.0 Å². The molecule has 0 spiro atoms. The highest BCUT2D eigenvalue weighted by molar-refractivity contribution is 7.99. The lowest BCUT2D eigenvalue weighted by Crippen LogP contribution is -2.36. The molecule has 178 valence electrons. The zero-order valence-electron chi connectivity index (χ0n) is 19.2. The number of carbonyl (C=O) groups excluding carboxylic acids is 2. The van der Waals surface area contributed by atoms with Gasteiger partial charge in [0.2, 0.25) is 11.1 Å². The van der Waals surface area contributed by atoms with Crippen LogP contribution in [0.1, 0.15) is 15.9 Å². The fraction of sp³-hybridized carbons (Fsp3) is 0.348. The number of hydrogen-bond donors (Lipinski definition) is 1. The topological polar surface area (TPSA) is 105 Å². The predicted molar refractivity (Wildman–Crippen MR) is 130 cm³/mol. The average Bonchev–Trinajstić information content (AvgIpc) is 3.28. The minimum atomic E-state index is -0.176. The van der Waals surface area contributed by atoms with Crippen LogP contribution in [0.15, 0.2) is 53.7 Å². The van der Waals surface area contributed by atoms with Crippen molar-refractivity contribution in [2.45, 2.75) is 11.7 Å². The third kappa shape index (κ3) is 6.12. The highest BCUT2D eigenvalue weighted by Gasteiger charge is 2.14. The smallest absolute Gasteiger partial charge is 0.253 e. The first-order valence-electron chi connectivity index (χ1n) is 10.9. The van der Waals surface area contributed by atoms with Gasteiger partial charge in [0.25, 0.3) is 5.91 Å². The van der Waals surface area contributed by atoms with Crippen molar-refractivity contribution in [1.82, 2.24) is 25.1 Å². The van der Waals surface area contributed by atoms with Crippen LogP contribution in [0, 0.1) is 0 Å². The molecule has 1 N–H and O–H groups in total. The van der Waals surface area contributed by atoms with Crippen molar-refractivity contribution in [3.63, 3.8) is 0 Å². The second-order valence-corrected chi connectivity index (χ2v) is 8.87. The molecule has 1 aromatic heterocycles. The Labute approximate surface area is 202 Å².